The van der Waals surface area contributed by atoms with Gasteiger partial charge in [-0.2, -0.15) is 0 Å². The minimum atomic E-state index is 0.182. The highest BCUT2D eigenvalue weighted by atomic mass is 16.1. The summed E-state index contributed by atoms with van der Waals surface area (Å²) in [6, 6.07) is 3.98. The molecule has 0 fully saturated rings. The number of nitrogens with zero attached hydrogens (tertiary/aromatic N) is 1. The number of hydrogen-bond acceptors (Lipinski definition) is 2. The number of carbonyl (C=O) groups excluding carboxylic acids is 1. The lowest BCUT2D eigenvalue weighted by atomic mass is 10.0. The zero-order valence-electron chi connectivity index (χ0n) is 10.3. The minimum Gasteiger partial charge on any atom is -0.294 e. The van der Waals surface area contributed by atoms with Gasteiger partial charge in [-0.3, -0.25) is 9.78 Å². The molecule has 86 valence electrons. The average Bonchev–Trinajstić information content (AvgIpc) is 2.31. The molecule has 2 heteroatoms. The lowest BCUT2D eigenvalue weighted by Gasteiger charge is -2.03. The van der Waals surface area contributed by atoms with Crippen molar-refractivity contribution in [1.29, 1.82) is 0 Å². The van der Waals surface area contributed by atoms with Crippen LogP contribution in [0.25, 0.3) is 0 Å². The maximum Gasteiger partial charge on any atom is 0.164 e. The number of rotatable bonds is 5. The van der Waals surface area contributed by atoms with Crippen LogP contribution in [0.3, 0.4) is 0 Å². The molecule has 0 radical (unpaired) electrons. The van der Waals surface area contributed by atoms with Crippen molar-refractivity contribution >= 4 is 5.78 Å². The van der Waals surface area contributed by atoms with Gasteiger partial charge in [-0.05, 0) is 37.0 Å². The zero-order valence-corrected chi connectivity index (χ0v) is 10.3. The molecule has 0 bridgehead atoms. The molecule has 0 saturated carbocycles. The van der Waals surface area contributed by atoms with E-state index in [4.69, 9.17) is 0 Å². The maximum atomic E-state index is 11.8. The van der Waals surface area contributed by atoms with Crippen LogP contribution in [-0.4, -0.2) is 10.8 Å². The first-order valence-corrected chi connectivity index (χ1v) is 5.83. The van der Waals surface area contributed by atoms with Gasteiger partial charge in [-0.25, -0.2) is 0 Å². The number of aryl methyl sites for hydroxylation is 1. The van der Waals surface area contributed by atoms with Crippen LogP contribution in [0.15, 0.2) is 30.0 Å². The van der Waals surface area contributed by atoms with E-state index in [9.17, 15) is 4.79 Å². The SMILES string of the molecule is C/C=C(/CC)C(=O)Cc1ccc(CC)cn1. The van der Waals surface area contributed by atoms with Crippen LogP contribution in [0.5, 0.6) is 0 Å². The van der Waals surface area contributed by atoms with E-state index >= 15 is 0 Å². The first-order chi connectivity index (χ1) is 7.71. The molecule has 0 aliphatic rings. The number of hydrogen-bond donors (Lipinski definition) is 0. The Balaban J connectivity index is 2.69. The van der Waals surface area contributed by atoms with E-state index in [0.717, 1.165) is 24.1 Å². The molecule has 1 rings (SSSR count). The fraction of sp³-hybridized carbons (Fsp3) is 0.429. The number of ketones is 1. The average molecular weight is 217 g/mol. The molecular weight excluding hydrogens is 198 g/mol. The van der Waals surface area contributed by atoms with E-state index < -0.39 is 0 Å². The van der Waals surface area contributed by atoms with Crippen molar-refractivity contribution in [3.05, 3.63) is 41.2 Å². The van der Waals surface area contributed by atoms with Gasteiger partial charge in [0.25, 0.3) is 0 Å². The van der Waals surface area contributed by atoms with Crippen molar-refractivity contribution in [2.45, 2.75) is 40.0 Å². The van der Waals surface area contributed by atoms with Crippen LogP contribution >= 0.6 is 0 Å². The van der Waals surface area contributed by atoms with Crippen LogP contribution < -0.4 is 0 Å². The Labute approximate surface area is 97.4 Å². The summed E-state index contributed by atoms with van der Waals surface area (Å²) in [7, 11) is 0. The number of allylic oxidation sites excluding steroid dienone is 2. The largest absolute Gasteiger partial charge is 0.294 e. The summed E-state index contributed by atoms with van der Waals surface area (Å²) in [5, 5.41) is 0. The smallest absolute Gasteiger partial charge is 0.164 e. The van der Waals surface area contributed by atoms with Crippen molar-refractivity contribution in [3.8, 4) is 0 Å². The molecule has 0 amide bonds. The van der Waals surface area contributed by atoms with Crippen LogP contribution in [0.4, 0.5) is 0 Å². The molecule has 1 heterocycles. The van der Waals surface area contributed by atoms with Gasteiger partial charge in [0.1, 0.15) is 0 Å². The second kappa shape index (κ2) is 6.21. The van der Waals surface area contributed by atoms with Gasteiger partial charge in [-0.1, -0.05) is 26.0 Å². The van der Waals surface area contributed by atoms with Crippen LogP contribution in [-0.2, 0) is 17.6 Å². The molecule has 0 atom stereocenters. The molecule has 16 heavy (non-hydrogen) atoms. The van der Waals surface area contributed by atoms with Gasteiger partial charge in [0.15, 0.2) is 5.78 Å². The second-order valence-corrected chi connectivity index (χ2v) is 3.78. The van der Waals surface area contributed by atoms with Crippen LogP contribution in [0.2, 0.25) is 0 Å². The highest BCUT2D eigenvalue weighted by Gasteiger charge is 2.08. The van der Waals surface area contributed by atoms with Crippen molar-refractivity contribution in [1.82, 2.24) is 4.98 Å². The molecule has 0 N–H and O–H groups in total. The van der Waals surface area contributed by atoms with E-state index in [0.29, 0.717) is 6.42 Å². The van der Waals surface area contributed by atoms with Crippen LogP contribution in [0.1, 0.15) is 38.4 Å². The summed E-state index contributed by atoms with van der Waals surface area (Å²) in [6.07, 6.45) is 5.93. The summed E-state index contributed by atoms with van der Waals surface area (Å²) >= 11 is 0. The van der Waals surface area contributed by atoms with Gasteiger partial charge in [0.2, 0.25) is 0 Å². The summed E-state index contributed by atoms with van der Waals surface area (Å²) in [4.78, 5) is 16.1. The lowest BCUT2D eigenvalue weighted by Crippen LogP contribution is -2.07. The zero-order chi connectivity index (χ0) is 12.0. The van der Waals surface area contributed by atoms with E-state index in [-0.39, 0.29) is 5.78 Å². The Kier molecular flexibility index (Phi) is 4.90. The topological polar surface area (TPSA) is 30.0 Å². The van der Waals surface area contributed by atoms with E-state index in [1.807, 2.05) is 38.3 Å². The minimum absolute atomic E-state index is 0.182. The highest BCUT2D eigenvalue weighted by Crippen LogP contribution is 2.08. The summed E-state index contributed by atoms with van der Waals surface area (Å²) < 4.78 is 0. The Morgan fingerprint density at radius 3 is 2.56 bits per heavy atom. The van der Waals surface area contributed by atoms with Crippen molar-refractivity contribution in [2.75, 3.05) is 0 Å². The van der Waals surface area contributed by atoms with Crippen molar-refractivity contribution in [2.24, 2.45) is 0 Å². The fourth-order valence-corrected chi connectivity index (χ4v) is 1.61. The monoisotopic (exact) mass is 217 g/mol. The molecule has 0 saturated heterocycles. The number of pyridine rings is 1. The number of aromatic nitrogens is 1. The molecule has 2 nitrogen and oxygen atoms in total. The fourth-order valence-electron chi connectivity index (χ4n) is 1.61. The molecule has 0 unspecified atom stereocenters. The Morgan fingerprint density at radius 2 is 2.12 bits per heavy atom. The third-order valence-corrected chi connectivity index (χ3v) is 2.72. The highest BCUT2D eigenvalue weighted by molar-refractivity contribution is 5.96. The summed E-state index contributed by atoms with van der Waals surface area (Å²) in [5.41, 5.74) is 2.95. The van der Waals surface area contributed by atoms with Gasteiger partial charge in [0, 0.05) is 11.9 Å². The standard InChI is InChI=1S/C14H19NO/c1-4-11-7-8-13(15-10-11)9-14(16)12(5-2)6-3/h5,7-8,10H,4,6,9H2,1-3H3/b12-5-. The molecule has 0 aliphatic heterocycles. The molecule has 0 aliphatic carbocycles. The lowest BCUT2D eigenvalue weighted by molar-refractivity contribution is -0.115. The second-order valence-electron chi connectivity index (χ2n) is 3.78. The normalized spacial score (nSPS) is 11.6. The predicted molar refractivity (Wildman–Crippen MR) is 66.4 cm³/mol. The molecule has 1 aromatic rings. The van der Waals surface area contributed by atoms with Crippen molar-refractivity contribution < 1.29 is 4.79 Å². The third kappa shape index (κ3) is 3.30. The number of carbonyl (C=O) groups is 1. The van der Waals surface area contributed by atoms with Gasteiger partial charge in [-0.15, -0.1) is 0 Å². The van der Waals surface area contributed by atoms with Gasteiger partial charge < -0.3 is 0 Å². The van der Waals surface area contributed by atoms with E-state index in [1.54, 1.807) is 0 Å². The first-order valence-electron chi connectivity index (χ1n) is 5.83. The van der Waals surface area contributed by atoms with Crippen molar-refractivity contribution in [3.63, 3.8) is 0 Å². The summed E-state index contributed by atoms with van der Waals surface area (Å²) in [5.74, 6) is 0.182. The quantitative estimate of drug-likeness (QED) is 0.709. The Bertz CT molecular complexity index is 376. The molecule has 0 aromatic carbocycles. The Morgan fingerprint density at radius 1 is 1.38 bits per heavy atom. The first kappa shape index (κ1) is 12.6. The predicted octanol–water partition coefficient (Wildman–Crippen LogP) is 3.11. The van der Waals surface area contributed by atoms with Gasteiger partial charge >= 0.3 is 0 Å². The third-order valence-electron chi connectivity index (χ3n) is 2.72. The van der Waals surface area contributed by atoms with Gasteiger partial charge in [0.05, 0.1) is 6.42 Å². The van der Waals surface area contributed by atoms with Crippen LogP contribution in [0, 0.1) is 0 Å². The summed E-state index contributed by atoms with van der Waals surface area (Å²) in [6.45, 7) is 6.00. The maximum absolute atomic E-state index is 11.8. The molecular formula is C14H19NO. The number of Topliss-reactive ketones (excluding diaryl/α,β-unsaturated/α-hetero) is 1. The van der Waals surface area contributed by atoms with E-state index in [2.05, 4.69) is 11.9 Å². The molecule has 0 spiro atoms. The molecule has 1 aromatic heterocycles. The van der Waals surface area contributed by atoms with E-state index in [1.165, 1.54) is 5.56 Å². The Hall–Kier alpha value is -1.44.